The molecule has 6 heteroatoms. The smallest absolute Gasteiger partial charge is 0.222 e. The van der Waals surface area contributed by atoms with E-state index in [0.717, 1.165) is 61.5 Å². The van der Waals surface area contributed by atoms with Crippen molar-refractivity contribution in [1.29, 1.82) is 0 Å². The van der Waals surface area contributed by atoms with Crippen molar-refractivity contribution in [2.45, 2.75) is 38.3 Å². The largest absolute Gasteiger partial charge is 0.497 e. The van der Waals surface area contributed by atoms with E-state index in [1.807, 2.05) is 30.3 Å². The lowest BCUT2D eigenvalue weighted by molar-refractivity contribution is -0.129. The van der Waals surface area contributed by atoms with Gasteiger partial charge in [0.25, 0.3) is 0 Å². The molecular formula is C24H30N4O2. The number of nitrogens with one attached hydrogen (secondary N) is 1. The number of methoxy groups -OCH3 is 1. The molecule has 1 N–H and O–H groups in total. The lowest BCUT2D eigenvalue weighted by atomic mass is 10.1. The number of para-hydroxylation sites is 2. The summed E-state index contributed by atoms with van der Waals surface area (Å²) in [5.74, 6) is 2.18. The maximum Gasteiger partial charge on any atom is 0.222 e. The average Bonchev–Trinajstić information content (AvgIpc) is 3.29. The molecule has 1 aromatic heterocycles. The molecule has 0 spiro atoms. The molecule has 1 fully saturated rings. The van der Waals surface area contributed by atoms with Gasteiger partial charge in [-0.2, -0.15) is 0 Å². The Bertz CT molecular complexity index is 996. The minimum absolute atomic E-state index is 0.272. The van der Waals surface area contributed by atoms with Crippen molar-refractivity contribution in [1.82, 2.24) is 19.8 Å². The Morgan fingerprint density at radius 2 is 1.97 bits per heavy atom. The van der Waals surface area contributed by atoms with Crippen molar-refractivity contribution in [2.24, 2.45) is 7.05 Å². The number of carbonyl (C=O) groups excluding carboxylic acids is 1. The topological polar surface area (TPSA) is 59.4 Å². The second-order valence-electron chi connectivity index (χ2n) is 7.92. The molecule has 0 bridgehead atoms. The molecule has 158 valence electrons. The minimum atomic E-state index is 0.272. The summed E-state index contributed by atoms with van der Waals surface area (Å²) in [7, 11) is 3.73. The molecule has 2 aromatic carbocycles. The summed E-state index contributed by atoms with van der Waals surface area (Å²) in [6.45, 7) is 2.45. The lowest BCUT2D eigenvalue weighted by Gasteiger charge is -2.25. The number of carbonyl (C=O) groups is 1. The van der Waals surface area contributed by atoms with Gasteiger partial charge in [0.15, 0.2) is 0 Å². The number of nitrogens with zero attached hydrogens (tertiary/aromatic N) is 3. The fourth-order valence-corrected chi connectivity index (χ4v) is 4.28. The molecule has 0 saturated carbocycles. The summed E-state index contributed by atoms with van der Waals surface area (Å²) in [5, 5.41) is 3.51. The summed E-state index contributed by atoms with van der Waals surface area (Å²) in [6.07, 6.45) is 3.37. The zero-order valence-electron chi connectivity index (χ0n) is 17.8. The highest BCUT2D eigenvalue weighted by Crippen LogP contribution is 2.22. The molecular weight excluding hydrogens is 376 g/mol. The van der Waals surface area contributed by atoms with Crippen LogP contribution in [0.2, 0.25) is 0 Å². The number of aryl methyl sites for hydroxylation is 1. The zero-order chi connectivity index (χ0) is 20.9. The lowest BCUT2D eigenvalue weighted by Crippen LogP contribution is -2.36. The van der Waals surface area contributed by atoms with E-state index in [1.54, 1.807) is 7.11 Å². The average molecular weight is 407 g/mol. The third-order valence-electron chi connectivity index (χ3n) is 6.05. The van der Waals surface area contributed by atoms with Crippen LogP contribution < -0.4 is 10.1 Å². The van der Waals surface area contributed by atoms with Crippen LogP contribution >= 0.6 is 0 Å². The van der Waals surface area contributed by atoms with E-state index in [2.05, 4.69) is 40.0 Å². The van der Waals surface area contributed by atoms with Crippen LogP contribution in [0.4, 0.5) is 0 Å². The zero-order valence-corrected chi connectivity index (χ0v) is 17.8. The van der Waals surface area contributed by atoms with E-state index < -0.39 is 0 Å². The molecule has 30 heavy (non-hydrogen) atoms. The van der Waals surface area contributed by atoms with E-state index in [9.17, 15) is 4.79 Å². The van der Waals surface area contributed by atoms with Gasteiger partial charge in [-0.15, -0.1) is 0 Å². The maximum atomic E-state index is 12.4. The Hall–Kier alpha value is -2.86. The molecule has 1 aliphatic heterocycles. The van der Waals surface area contributed by atoms with Gasteiger partial charge in [-0.1, -0.05) is 24.3 Å². The number of fused-ring (bicyclic) bond motifs is 1. The first-order valence-corrected chi connectivity index (χ1v) is 10.7. The molecule has 1 aliphatic rings. The summed E-state index contributed by atoms with van der Waals surface area (Å²) in [6, 6.07) is 16.6. The van der Waals surface area contributed by atoms with Crippen molar-refractivity contribution in [2.75, 3.05) is 20.2 Å². The number of benzene rings is 2. The number of likely N-dealkylation sites (tertiary alicyclic amines) is 1. The van der Waals surface area contributed by atoms with Crippen molar-refractivity contribution in [3.05, 3.63) is 59.9 Å². The molecule has 1 amide bonds. The van der Waals surface area contributed by atoms with E-state index >= 15 is 0 Å². The quantitative estimate of drug-likeness (QED) is 0.554. The first kappa shape index (κ1) is 20.4. The van der Waals surface area contributed by atoms with Crippen LogP contribution in [0.1, 0.15) is 30.7 Å². The first-order chi connectivity index (χ1) is 14.7. The van der Waals surface area contributed by atoms with Crippen LogP contribution in [0.5, 0.6) is 5.75 Å². The SMILES string of the molecule is COc1ccc(CNCCC2CCC(=O)N2CCc2nc3ccccc3n2C)cc1. The Kier molecular flexibility index (Phi) is 6.33. The van der Waals surface area contributed by atoms with Gasteiger partial charge in [-0.3, -0.25) is 4.79 Å². The van der Waals surface area contributed by atoms with E-state index in [-0.39, 0.29) is 5.91 Å². The number of rotatable bonds is 9. The maximum absolute atomic E-state index is 12.4. The van der Waals surface area contributed by atoms with E-state index in [1.165, 1.54) is 5.56 Å². The number of ether oxygens (including phenoxy) is 1. The number of hydrogen-bond acceptors (Lipinski definition) is 4. The summed E-state index contributed by atoms with van der Waals surface area (Å²) < 4.78 is 7.34. The highest BCUT2D eigenvalue weighted by atomic mass is 16.5. The molecule has 0 aliphatic carbocycles. The van der Waals surface area contributed by atoms with Crippen LogP contribution in [0, 0.1) is 0 Å². The first-order valence-electron chi connectivity index (χ1n) is 10.7. The van der Waals surface area contributed by atoms with Crippen LogP contribution in [0.3, 0.4) is 0 Å². The number of amides is 1. The molecule has 0 radical (unpaired) electrons. The fourth-order valence-electron chi connectivity index (χ4n) is 4.28. The van der Waals surface area contributed by atoms with Crippen LogP contribution in [-0.2, 0) is 24.8 Å². The Labute approximate surface area is 177 Å². The molecule has 1 saturated heterocycles. The third-order valence-corrected chi connectivity index (χ3v) is 6.05. The van der Waals surface area contributed by atoms with E-state index in [4.69, 9.17) is 9.72 Å². The summed E-state index contributed by atoms with van der Waals surface area (Å²) >= 11 is 0. The van der Waals surface area contributed by atoms with Gasteiger partial charge >= 0.3 is 0 Å². The standard InChI is InChI=1S/C24H30N4O2/c1-27-22-6-4-3-5-21(22)26-23(27)14-16-28-19(9-12-24(28)29)13-15-25-17-18-7-10-20(30-2)11-8-18/h3-8,10-11,19,25H,9,12-17H2,1-2H3. The molecule has 3 aromatic rings. The van der Waals surface area contributed by atoms with Crippen molar-refractivity contribution < 1.29 is 9.53 Å². The predicted octanol–water partition coefficient (Wildman–Crippen LogP) is 3.30. The van der Waals surface area contributed by atoms with E-state index in [0.29, 0.717) is 12.5 Å². The molecule has 2 heterocycles. The van der Waals surface area contributed by atoms with Crippen molar-refractivity contribution in [3.8, 4) is 5.75 Å². The Balaban J connectivity index is 1.28. The molecule has 6 nitrogen and oxygen atoms in total. The van der Waals surface area contributed by atoms with Gasteiger partial charge in [-0.25, -0.2) is 4.98 Å². The van der Waals surface area contributed by atoms with Crippen molar-refractivity contribution >= 4 is 16.9 Å². The van der Waals surface area contributed by atoms with Crippen molar-refractivity contribution in [3.63, 3.8) is 0 Å². The van der Waals surface area contributed by atoms with Gasteiger partial charge in [-0.05, 0) is 49.2 Å². The molecule has 1 unspecified atom stereocenters. The highest BCUT2D eigenvalue weighted by Gasteiger charge is 2.30. The second-order valence-corrected chi connectivity index (χ2v) is 7.92. The highest BCUT2D eigenvalue weighted by molar-refractivity contribution is 5.79. The minimum Gasteiger partial charge on any atom is -0.497 e. The van der Waals surface area contributed by atoms with Gasteiger partial charge in [0, 0.05) is 39.0 Å². The second kappa shape index (κ2) is 9.30. The molecule has 4 rings (SSSR count). The van der Waals surface area contributed by atoms with Gasteiger partial charge < -0.3 is 19.5 Å². The Morgan fingerprint density at radius 1 is 1.17 bits per heavy atom. The number of aromatic nitrogens is 2. The Morgan fingerprint density at radius 3 is 2.73 bits per heavy atom. The van der Waals surface area contributed by atoms with Crippen LogP contribution in [-0.4, -0.2) is 46.6 Å². The van der Waals surface area contributed by atoms with Gasteiger partial charge in [0.1, 0.15) is 11.6 Å². The van der Waals surface area contributed by atoms with Crippen LogP contribution in [0.25, 0.3) is 11.0 Å². The number of imidazole rings is 1. The van der Waals surface area contributed by atoms with Gasteiger partial charge in [0.05, 0.1) is 18.1 Å². The summed E-state index contributed by atoms with van der Waals surface area (Å²) in [5.41, 5.74) is 3.39. The fraction of sp³-hybridized carbons (Fsp3) is 0.417. The monoisotopic (exact) mass is 406 g/mol. The molecule has 1 atom stereocenters. The third kappa shape index (κ3) is 4.49. The normalized spacial score (nSPS) is 16.5. The summed E-state index contributed by atoms with van der Waals surface area (Å²) in [4.78, 5) is 19.3. The number of hydrogen-bond donors (Lipinski definition) is 1. The van der Waals surface area contributed by atoms with Crippen LogP contribution in [0.15, 0.2) is 48.5 Å². The van der Waals surface area contributed by atoms with Gasteiger partial charge in [0.2, 0.25) is 5.91 Å². The predicted molar refractivity (Wildman–Crippen MR) is 118 cm³/mol.